The van der Waals surface area contributed by atoms with E-state index in [1.54, 1.807) is 24.3 Å². The van der Waals surface area contributed by atoms with Gasteiger partial charge in [0.25, 0.3) is 11.8 Å². The molecule has 2 fully saturated rings. The van der Waals surface area contributed by atoms with Gasteiger partial charge in [-0.3, -0.25) is 9.59 Å². The molecule has 1 saturated heterocycles. The number of carbonyl (C=O) groups is 2. The first-order valence-electron chi connectivity index (χ1n) is 10.4. The topological polar surface area (TPSA) is 68.2 Å². The van der Waals surface area contributed by atoms with Crippen LogP contribution in [0.25, 0.3) is 0 Å². The predicted molar refractivity (Wildman–Crippen MR) is 124 cm³/mol. The molecule has 2 aromatic rings. The van der Waals surface area contributed by atoms with E-state index in [1.807, 2.05) is 12.2 Å². The predicted octanol–water partition coefficient (Wildman–Crippen LogP) is 4.97. The summed E-state index contributed by atoms with van der Waals surface area (Å²) in [6, 6.07) is 7.90. The average molecular weight is 534 g/mol. The third-order valence-electron chi connectivity index (χ3n) is 6.47. The number of rotatable bonds is 6. The van der Waals surface area contributed by atoms with Crippen molar-refractivity contribution in [3.63, 3.8) is 0 Å². The molecule has 2 aliphatic carbocycles. The highest BCUT2D eigenvalue weighted by Gasteiger charge is 2.59. The second-order valence-corrected chi connectivity index (χ2v) is 9.41. The van der Waals surface area contributed by atoms with Gasteiger partial charge >= 0.3 is 0 Å². The minimum absolute atomic E-state index is 0.0431. The number of methoxy groups -OCH3 is 1. The van der Waals surface area contributed by atoms with Crippen molar-refractivity contribution in [2.75, 3.05) is 7.11 Å². The molecule has 33 heavy (non-hydrogen) atoms. The largest absolute Gasteiger partial charge is 0.493 e. The van der Waals surface area contributed by atoms with Crippen molar-refractivity contribution in [1.82, 2.24) is 5.01 Å². The molecule has 6 nitrogen and oxygen atoms in total. The fourth-order valence-electron chi connectivity index (χ4n) is 4.87. The van der Waals surface area contributed by atoms with Gasteiger partial charge in [0.15, 0.2) is 11.5 Å². The molecular weight excluding hydrogens is 515 g/mol. The van der Waals surface area contributed by atoms with E-state index in [0.29, 0.717) is 21.3 Å². The van der Waals surface area contributed by atoms with E-state index < -0.39 is 0 Å². The summed E-state index contributed by atoms with van der Waals surface area (Å²) < 4.78 is 25.5. The van der Waals surface area contributed by atoms with E-state index in [9.17, 15) is 14.0 Å². The van der Waals surface area contributed by atoms with Gasteiger partial charge in [0.05, 0.1) is 25.2 Å². The molecule has 0 N–H and O–H groups in total. The van der Waals surface area contributed by atoms with E-state index in [2.05, 4.69) is 21.0 Å². The first kappa shape index (κ1) is 22.1. The molecule has 4 atom stereocenters. The van der Waals surface area contributed by atoms with Gasteiger partial charge in [0.2, 0.25) is 0 Å². The first-order chi connectivity index (χ1) is 15.9. The highest BCUT2D eigenvalue weighted by Crippen LogP contribution is 2.52. The summed E-state index contributed by atoms with van der Waals surface area (Å²) in [5.41, 5.74) is 0.867. The summed E-state index contributed by atoms with van der Waals surface area (Å²) in [5, 5.41) is 5.36. The number of imide groups is 1. The van der Waals surface area contributed by atoms with Gasteiger partial charge in [-0.25, -0.2) is 4.39 Å². The molecule has 1 saturated carbocycles. The number of halogens is 3. The fraction of sp³-hybridized carbons (Fsp3) is 0.292. The number of nitrogens with zero attached hydrogens (tertiary/aromatic N) is 2. The summed E-state index contributed by atoms with van der Waals surface area (Å²) >= 11 is 9.92. The van der Waals surface area contributed by atoms with Gasteiger partial charge in [-0.15, -0.1) is 0 Å². The number of hydrogen-bond acceptors (Lipinski definition) is 5. The maximum Gasteiger partial charge on any atom is 0.254 e. The van der Waals surface area contributed by atoms with Crippen LogP contribution < -0.4 is 9.47 Å². The quantitative estimate of drug-likeness (QED) is 0.299. The summed E-state index contributed by atoms with van der Waals surface area (Å²) in [4.78, 5) is 25.7. The Morgan fingerprint density at radius 3 is 2.52 bits per heavy atom. The number of fused-ring (bicyclic) bond motifs is 5. The van der Waals surface area contributed by atoms with Gasteiger partial charge in [-0.05, 0) is 46.3 Å². The van der Waals surface area contributed by atoms with Gasteiger partial charge < -0.3 is 9.47 Å². The molecule has 1 heterocycles. The zero-order chi connectivity index (χ0) is 23.3. The van der Waals surface area contributed by atoms with Crippen molar-refractivity contribution in [2.45, 2.75) is 13.0 Å². The maximum atomic E-state index is 13.9. The summed E-state index contributed by atoms with van der Waals surface area (Å²) in [5.74, 6) is -0.789. The number of allylic oxidation sites excluding steroid dienone is 2. The summed E-state index contributed by atoms with van der Waals surface area (Å²) in [7, 11) is 1.45. The Balaban J connectivity index is 1.39. The number of hydrogen-bond donors (Lipinski definition) is 0. The highest BCUT2D eigenvalue weighted by atomic mass is 79.9. The number of ether oxygens (including phenoxy) is 2. The number of carbonyl (C=O) groups excluding carboxylic acids is 2. The van der Waals surface area contributed by atoms with Crippen molar-refractivity contribution in [3.8, 4) is 11.5 Å². The second kappa shape index (κ2) is 8.57. The van der Waals surface area contributed by atoms with E-state index in [0.717, 1.165) is 11.4 Å². The van der Waals surface area contributed by atoms with Gasteiger partial charge in [-0.1, -0.05) is 42.0 Å². The van der Waals surface area contributed by atoms with E-state index in [-0.39, 0.29) is 58.7 Å². The monoisotopic (exact) mass is 532 g/mol. The third kappa shape index (κ3) is 3.65. The number of hydrazone groups is 1. The molecule has 9 heteroatoms. The first-order valence-corrected chi connectivity index (χ1v) is 11.6. The maximum absolute atomic E-state index is 13.9. The van der Waals surface area contributed by atoms with Crippen LogP contribution in [-0.2, 0) is 16.2 Å². The van der Waals surface area contributed by atoms with E-state index in [4.69, 9.17) is 21.1 Å². The lowest BCUT2D eigenvalue weighted by atomic mass is 9.85. The lowest BCUT2D eigenvalue weighted by Crippen LogP contribution is -2.28. The minimum Gasteiger partial charge on any atom is -0.493 e. The van der Waals surface area contributed by atoms with Crippen molar-refractivity contribution in [3.05, 3.63) is 68.9 Å². The van der Waals surface area contributed by atoms with Crippen LogP contribution in [0.15, 0.2) is 52.1 Å². The molecule has 2 aromatic carbocycles. The van der Waals surface area contributed by atoms with E-state index in [1.165, 1.54) is 19.4 Å². The van der Waals surface area contributed by atoms with Crippen LogP contribution in [0, 0.1) is 29.5 Å². The molecule has 0 aromatic heterocycles. The van der Waals surface area contributed by atoms with Crippen molar-refractivity contribution >= 4 is 45.6 Å². The molecule has 2 bridgehead atoms. The van der Waals surface area contributed by atoms with Crippen molar-refractivity contribution in [1.29, 1.82) is 0 Å². The standard InChI is InChI=1S/C24H19BrClFN2O4/c1-32-17-9-15(20(25)21(26)22(17)33-11-14-4-2-3-5-16(14)27)10-28-29-23(30)18-12-6-7-13(8-12)19(18)24(29)31/h2-7,9-10,12-13,18-19H,8,11H2,1H3/t12-,13-,18-,19+/m0/s1. The smallest absolute Gasteiger partial charge is 0.254 e. The van der Waals surface area contributed by atoms with Crippen LogP contribution in [0.1, 0.15) is 17.5 Å². The molecule has 0 unspecified atom stereocenters. The molecule has 2 amide bonds. The Kier molecular flexibility index (Phi) is 5.74. The van der Waals surface area contributed by atoms with Crippen LogP contribution in [0.5, 0.6) is 11.5 Å². The summed E-state index contributed by atoms with van der Waals surface area (Å²) in [6.07, 6.45) is 6.32. The van der Waals surface area contributed by atoms with E-state index >= 15 is 0 Å². The highest BCUT2D eigenvalue weighted by molar-refractivity contribution is 9.10. The minimum atomic E-state index is -0.385. The lowest BCUT2D eigenvalue weighted by molar-refractivity contribution is -0.140. The van der Waals surface area contributed by atoms with Crippen LogP contribution in [-0.4, -0.2) is 30.1 Å². The van der Waals surface area contributed by atoms with Gasteiger partial charge in [0, 0.05) is 15.6 Å². The lowest BCUT2D eigenvalue weighted by Gasteiger charge is -2.16. The molecule has 3 aliphatic rings. The Bertz CT molecular complexity index is 1190. The number of amides is 2. The van der Waals surface area contributed by atoms with Crippen LogP contribution >= 0.6 is 27.5 Å². The van der Waals surface area contributed by atoms with Crippen LogP contribution in [0.3, 0.4) is 0 Å². The molecule has 170 valence electrons. The van der Waals surface area contributed by atoms with Crippen LogP contribution in [0.2, 0.25) is 5.02 Å². The zero-order valence-corrected chi connectivity index (χ0v) is 19.8. The molecule has 0 spiro atoms. The Labute approximate surface area is 203 Å². The fourth-order valence-corrected chi connectivity index (χ4v) is 5.52. The van der Waals surface area contributed by atoms with Gasteiger partial charge in [-0.2, -0.15) is 10.1 Å². The second-order valence-electron chi connectivity index (χ2n) is 8.24. The number of benzene rings is 2. The summed E-state index contributed by atoms with van der Waals surface area (Å²) in [6.45, 7) is -0.0431. The average Bonchev–Trinajstić information content (AvgIpc) is 3.49. The third-order valence-corrected chi connectivity index (χ3v) is 7.91. The Hall–Kier alpha value is -2.71. The van der Waals surface area contributed by atoms with Crippen LogP contribution in [0.4, 0.5) is 4.39 Å². The Morgan fingerprint density at radius 1 is 1.21 bits per heavy atom. The Morgan fingerprint density at radius 2 is 1.88 bits per heavy atom. The zero-order valence-electron chi connectivity index (χ0n) is 17.5. The van der Waals surface area contributed by atoms with Gasteiger partial charge in [0.1, 0.15) is 17.4 Å². The van der Waals surface area contributed by atoms with Crippen molar-refractivity contribution < 1.29 is 23.5 Å². The van der Waals surface area contributed by atoms with Crippen molar-refractivity contribution in [2.24, 2.45) is 28.8 Å². The molecule has 1 aliphatic heterocycles. The molecular formula is C24H19BrClFN2O4. The SMILES string of the molecule is COc1cc(C=NN2C(=O)[C@@H]3[C@H](C2=O)[C@H]2C=C[C@H]3C2)c(Br)c(Cl)c1OCc1ccccc1F. The molecule has 0 radical (unpaired) electrons. The molecule has 5 rings (SSSR count). The normalized spacial score (nSPS) is 25.4.